The maximum absolute atomic E-state index is 12.0. The highest BCUT2D eigenvalue weighted by atomic mass is 35.5. The van der Waals surface area contributed by atoms with Crippen molar-refractivity contribution in [2.24, 2.45) is 5.73 Å². The van der Waals surface area contributed by atoms with Crippen LogP contribution in [-0.4, -0.2) is 50.1 Å². The van der Waals surface area contributed by atoms with Crippen LogP contribution < -0.4 is 16.0 Å². The Kier molecular flexibility index (Phi) is 13.0. The van der Waals surface area contributed by atoms with Gasteiger partial charge in [0.25, 0.3) is 5.91 Å². The Hall–Kier alpha value is -1.44. The molecule has 6 nitrogen and oxygen atoms in total. The number of carbonyl (C=O) groups excluding carboxylic acids is 1. The van der Waals surface area contributed by atoms with Crippen LogP contribution in [0.15, 0.2) is 47.1 Å². The third kappa shape index (κ3) is 7.53. The second-order valence-electron chi connectivity index (χ2n) is 6.28. The Bertz CT molecular complexity index is 677. The number of carbonyl (C=O) groups is 1. The number of nitrogens with two attached hydrogens (primary N) is 1. The normalized spacial score (nSPS) is 13.7. The van der Waals surface area contributed by atoms with E-state index < -0.39 is 0 Å². The molecule has 158 valence electrons. The molecule has 28 heavy (non-hydrogen) atoms. The maximum atomic E-state index is 12.0. The number of anilines is 1. The van der Waals surface area contributed by atoms with Crippen LogP contribution in [0.4, 0.5) is 5.69 Å². The molecular formula is C19H29Cl3N4O2. The van der Waals surface area contributed by atoms with Crippen LogP contribution in [0.3, 0.4) is 0 Å². The van der Waals surface area contributed by atoms with Crippen LogP contribution in [0.5, 0.6) is 0 Å². The predicted molar refractivity (Wildman–Crippen MR) is 120 cm³/mol. The van der Waals surface area contributed by atoms with Gasteiger partial charge in [-0.15, -0.1) is 37.2 Å². The van der Waals surface area contributed by atoms with Gasteiger partial charge in [0.1, 0.15) is 12.0 Å². The molecule has 1 saturated heterocycles. The zero-order chi connectivity index (χ0) is 17.5. The first-order valence-electron chi connectivity index (χ1n) is 8.84. The summed E-state index contributed by atoms with van der Waals surface area (Å²) in [5.74, 6) is 0.527. The first-order valence-corrected chi connectivity index (χ1v) is 8.84. The quantitative estimate of drug-likeness (QED) is 0.633. The lowest BCUT2D eigenvalue weighted by Crippen LogP contribution is -2.47. The zero-order valence-corrected chi connectivity index (χ0v) is 18.2. The van der Waals surface area contributed by atoms with Crippen molar-refractivity contribution in [1.82, 2.24) is 10.2 Å². The molecule has 1 fully saturated rings. The number of rotatable bonds is 7. The van der Waals surface area contributed by atoms with Gasteiger partial charge < -0.3 is 20.4 Å². The highest BCUT2D eigenvalue weighted by molar-refractivity contribution is 5.93. The van der Waals surface area contributed by atoms with Crippen molar-refractivity contribution in [3.8, 4) is 0 Å². The van der Waals surface area contributed by atoms with Crippen LogP contribution in [0, 0.1) is 0 Å². The molecule has 0 unspecified atom stereocenters. The van der Waals surface area contributed by atoms with Crippen molar-refractivity contribution in [2.45, 2.75) is 13.0 Å². The van der Waals surface area contributed by atoms with E-state index in [1.54, 1.807) is 6.07 Å². The molecule has 0 radical (unpaired) electrons. The fourth-order valence-corrected chi connectivity index (χ4v) is 3.08. The summed E-state index contributed by atoms with van der Waals surface area (Å²) in [4.78, 5) is 16.9. The molecule has 1 amide bonds. The fourth-order valence-electron chi connectivity index (χ4n) is 3.08. The smallest absolute Gasteiger partial charge is 0.254 e. The largest absolute Gasteiger partial charge is 0.467 e. The average Bonchev–Trinajstić information content (AvgIpc) is 3.16. The van der Waals surface area contributed by atoms with Gasteiger partial charge in [0.05, 0.1) is 12.1 Å². The number of hydrogen-bond donors (Lipinski definition) is 2. The SMILES string of the molecule is Cl.Cl.Cl.NCc1cc(C(=O)NCCCN2CCN(c3ccccc3)CC2)co1. The third-order valence-electron chi connectivity index (χ3n) is 4.55. The number of halogens is 3. The number of piperazine rings is 1. The van der Waals surface area contributed by atoms with Crippen LogP contribution in [0.2, 0.25) is 0 Å². The summed E-state index contributed by atoms with van der Waals surface area (Å²) in [6, 6.07) is 12.2. The van der Waals surface area contributed by atoms with Crippen LogP contribution in [0.1, 0.15) is 22.5 Å². The molecule has 2 aromatic rings. The summed E-state index contributed by atoms with van der Waals surface area (Å²) in [7, 11) is 0. The van der Waals surface area contributed by atoms with Crippen molar-refractivity contribution in [3.05, 3.63) is 54.0 Å². The lowest BCUT2D eigenvalue weighted by atomic mass is 10.2. The molecule has 3 rings (SSSR count). The fraction of sp³-hybridized carbons (Fsp3) is 0.421. The number of nitrogens with one attached hydrogen (secondary N) is 1. The number of hydrogen-bond acceptors (Lipinski definition) is 5. The second-order valence-corrected chi connectivity index (χ2v) is 6.28. The minimum atomic E-state index is -0.0997. The van der Waals surface area contributed by atoms with Crippen molar-refractivity contribution >= 4 is 48.8 Å². The van der Waals surface area contributed by atoms with E-state index in [2.05, 4.69) is 45.4 Å². The van der Waals surface area contributed by atoms with Crippen molar-refractivity contribution in [1.29, 1.82) is 0 Å². The Morgan fingerprint density at radius 2 is 1.75 bits per heavy atom. The number of para-hydroxylation sites is 1. The van der Waals surface area contributed by atoms with Gasteiger partial charge in [-0.25, -0.2) is 0 Å². The van der Waals surface area contributed by atoms with Crippen LogP contribution >= 0.6 is 37.2 Å². The standard InChI is InChI=1S/C19H26N4O2.3ClH/c20-14-18-13-16(15-25-18)19(24)21-7-4-8-22-9-11-23(12-10-22)17-5-2-1-3-6-17;;;/h1-3,5-6,13,15H,4,7-12,14,20H2,(H,21,24);3*1H. The Morgan fingerprint density at radius 1 is 1.07 bits per heavy atom. The number of benzene rings is 1. The third-order valence-corrected chi connectivity index (χ3v) is 4.55. The number of nitrogens with zero attached hydrogens (tertiary/aromatic N) is 2. The van der Waals surface area contributed by atoms with Crippen molar-refractivity contribution in [2.75, 3.05) is 44.2 Å². The number of amides is 1. The molecule has 0 bridgehead atoms. The molecule has 3 N–H and O–H groups in total. The van der Waals surface area contributed by atoms with E-state index in [-0.39, 0.29) is 43.1 Å². The first-order chi connectivity index (χ1) is 12.3. The molecule has 0 aliphatic carbocycles. The molecule has 2 heterocycles. The summed E-state index contributed by atoms with van der Waals surface area (Å²) >= 11 is 0. The van der Waals surface area contributed by atoms with Crippen molar-refractivity contribution in [3.63, 3.8) is 0 Å². The van der Waals surface area contributed by atoms with Gasteiger partial charge >= 0.3 is 0 Å². The van der Waals surface area contributed by atoms with Gasteiger partial charge in [0.2, 0.25) is 0 Å². The maximum Gasteiger partial charge on any atom is 0.254 e. The van der Waals surface area contributed by atoms with E-state index >= 15 is 0 Å². The van der Waals surface area contributed by atoms with Gasteiger partial charge in [0, 0.05) is 38.4 Å². The highest BCUT2D eigenvalue weighted by Crippen LogP contribution is 2.15. The Morgan fingerprint density at radius 3 is 2.36 bits per heavy atom. The monoisotopic (exact) mass is 450 g/mol. The van der Waals surface area contributed by atoms with E-state index in [9.17, 15) is 4.79 Å². The lowest BCUT2D eigenvalue weighted by molar-refractivity contribution is 0.0951. The summed E-state index contributed by atoms with van der Waals surface area (Å²) in [6.07, 6.45) is 2.40. The van der Waals surface area contributed by atoms with Gasteiger partial charge in [-0.1, -0.05) is 18.2 Å². The Labute approximate surface area is 185 Å². The molecule has 0 saturated carbocycles. The average molecular weight is 452 g/mol. The molecule has 9 heteroatoms. The molecule has 0 spiro atoms. The zero-order valence-electron chi connectivity index (χ0n) is 15.7. The van der Waals surface area contributed by atoms with E-state index in [0.29, 0.717) is 24.4 Å². The van der Waals surface area contributed by atoms with Gasteiger partial charge in [-0.05, 0) is 31.2 Å². The van der Waals surface area contributed by atoms with E-state index in [1.165, 1.54) is 12.0 Å². The van der Waals surface area contributed by atoms with Gasteiger partial charge in [-0.3, -0.25) is 9.69 Å². The summed E-state index contributed by atoms with van der Waals surface area (Å²) in [5.41, 5.74) is 7.32. The summed E-state index contributed by atoms with van der Waals surface area (Å²) < 4.78 is 5.18. The molecule has 1 aromatic heterocycles. The topological polar surface area (TPSA) is 74.7 Å². The predicted octanol–water partition coefficient (Wildman–Crippen LogP) is 2.95. The van der Waals surface area contributed by atoms with Gasteiger partial charge in [0.15, 0.2) is 0 Å². The Balaban J connectivity index is 0.00000243. The van der Waals surface area contributed by atoms with Crippen LogP contribution in [-0.2, 0) is 6.54 Å². The number of furan rings is 1. The summed E-state index contributed by atoms with van der Waals surface area (Å²) in [6.45, 7) is 6.20. The minimum Gasteiger partial charge on any atom is -0.467 e. The van der Waals surface area contributed by atoms with E-state index in [1.807, 2.05) is 0 Å². The minimum absolute atomic E-state index is 0. The van der Waals surface area contributed by atoms with E-state index in [0.717, 1.165) is 39.1 Å². The van der Waals surface area contributed by atoms with E-state index in [4.69, 9.17) is 10.2 Å². The molecular weight excluding hydrogens is 423 g/mol. The molecule has 1 aliphatic heterocycles. The molecule has 1 aromatic carbocycles. The lowest BCUT2D eigenvalue weighted by Gasteiger charge is -2.36. The first kappa shape index (κ1) is 26.6. The summed E-state index contributed by atoms with van der Waals surface area (Å²) in [5, 5.41) is 2.93. The highest BCUT2D eigenvalue weighted by Gasteiger charge is 2.16. The van der Waals surface area contributed by atoms with Gasteiger partial charge in [-0.2, -0.15) is 0 Å². The molecule has 1 aliphatic rings. The molecule has 0 atom stereocenters. The second kappa shape index (κ2) is 13.7. The van der Waals surface area contributed by atoms with Crippen molar-refractivity contribution < 1.29 is 9.21 Å². The van der Waals surface area contributed by atoms with Crippen LogP contribution in [0.25, 0.3) is 0 Å².